The standard InChI is InChI=1S/C22H34O11/c1-26-21(24)18-15-19(22(25)27-2)17-20(16-18)33-14-13-32-12-11-31-10-9-30-8-7-29-6-5-28-4-3-23/h15-17,23H,3-14H2,1-2H3. The highest BCUT2D eigenvalue weighted by Crippen LogP contribution is 2.19. The van der Waals surface area contributed by atoms with E-state index in [-0.39, 0.29) is 24.3 Å². The molecule has 0 aliphatic carbocycles. The van der Waals surface area contributed by atoms with Crippen LogP contribution in [-0.4, -0.2) is 111 Å². The van der Waals surface area contributed by atoms with Crippen LogP contribution in [0.15, 0.2) is 18.2 Å². The molecule has 0 atom stereocenters. The summed E-state index contributed by atoms with van der Waals surface area (Å²) in [5.41, 5.74) is 0.371. The third-order valence-corrected chi connectivity index (χ3v) is 3.97. The second kappa shape index (κ2) is 19.2. The number of aliphatic hydroxyl groups is 1. The number of ether oxygens (including phenoxy) is 8. The van der Waals surface area contributed by atoms with E-state index in [0.29, 0.717) is 71.8 Å². The van der Waals surface area contributed by atoms with Crippen molar-refractivity contribution in [1.29, 1.82) is 0 Å². The maximum absolute atomic E-state index is 11.8. The Morgan fingerprint density at radius 2 is 0.970 bits per heavy atom. The summed E-state index contributed by atoms with van der Waals surface area (Å²) < 4.78 is 41.5. The zero-order valence-electron chi connectivity index (χ0n) is 19.2. The molecule has 0 unspecified atom stereocenters. The van der Waals surface area contributed by atoms with E-state index in [2.05, 4.69) is 9.47 Å². The van der Waals surface area contributed by atoms with Crippen molar-refractivity contribution in [1.82, 2.24) is 0 Å². The van der Waals surface area contributed by atoms with E-state index in [1.807, 2.05) is 0 Å². The second-order valence-electron chi connectivity index (χ2n) is 6.36. The first-order valence-electron chi connectivity index (χ1n) is 10.6. The molecule has 11 heteroatoms. The molecule has 0 bridgehead atoms. The van der Waals surface area contributed by atoms with Gasteiger partial charge >= 0.3 is 11.9 Å². The molecule has 1 aromatic carbocycles. The van der Waals surface area contributed by atoms with Gasteiger partial charge in [0, 0.05) is 0 Å². The summed E-state index contributed by atoms with van der Waals surface area (Å²) >= 11 is 0. The average molecular weight is 475 g/mol. The molecule has 1 N–H and O–H groups in total. The molecule has 0 saturated carbocycles. The van der Waals surface area contributed by atoms with E-state index in [1.165, 1.54) is 32.4 Å². The predicted octanol–water partition coefficient (Wildman–Crippen LogP) is 0.714. The first-order valence-corrected chi connectivity index (χ1v) is 10.6. The Kier molecular flexibility index (Phi) is 16.7. The van der Waals surface area contributed by atoms with Crippen LogP contribution in [0.2, 0.25) is 0 Å². The lowest BCUT2D eigenvalue weighted by Crippen LogP contribution is -2.15. The van der Waals surface area contributed by atoms with Crippen molar-refractivity contribution in [3.63, 3.8) is 0 Å². The van der Waals surface area contributed by atoms with E-state index < -0.39 is 11.9 Å². The molecular weight excluding hydrogens is 440 g/mol. The normalized spacial score (nSPS) is 10.8. The fourth-order valence-corrected chi connectivity index (χ4v) is 2.42. The van der Waals surface area contributed by atoms with Gasteiger partial charge in [0.15, 0.2) is 0 Å². The van der Waals surface area contributed by atoms with Crippen molar-refractivity contribution in [2.24, 2.45) is 0 Å². The Bertz CT molecular complexity index is 631. The Balaban J connectivity index is 2.06. The first-order chi connectivity index (χ1) is 16.1. The minimum absolute atomic E-state index is 0.00805. The Morgan fingerprint density at radius 3 is 1.33 bits per heavy atom. The molecule has 0 aliphatic rings. The van der Waals surface area contributed by atoms with Gasteiger partial charge in [0.25, 0.3) is 0 Å². The maximum atomic E-state index is 11.8. The molecule has 0 aromatic heterocycles. The summed E-state index contributed by atoms with van der Waals surface area (Å²) in [5, 5.41) is 8.55. The highest BCUT2D eigenvalue weighted by Gasteiger charge is 2.14. The molecule has 0 spiro atoms. The SMILES string of the molecule is COC(=O)c1cc(OCCOCCOCCOCCOCCOCCO)cc(C(=O)OC)c1. The first kappa shape index (κ1) is 28.8. The molecule has 11 nitrogen and oxygen atoms in total. The van der Waals surface area contributed by atoms with Gasteiger partial charge in [-0.25, -0.2) is 9.59 Å². The summed E-state index contributed by atoms with van der Waals surface area (Å²) in [7, 11) is 2.51. The maximum Gasteiger partial charge on any atom is 0.338 e. The highest BCUT2D eigenvalue weighted by atomic mass is 16.6. The second-order valence-corrected chi connectivity index (χ2v) is 6.36. The number of carbonyl (C=O) groups is 2. The average Bonchev–Trinajstić information content (AvgIpc) is 2.84. The lowest BCUT2D eigenvalue weighted by molar-refractivity contribution is -0.0146. The third-order valence-electron chi connectivity index (χ3n) is 3.97. The number of esters is 2. The van der Waals surface area contributed by atoms with Crippen molar-refractivity contribution in [2.45, 2.75) is 0 Å². The highest BCUT2D eigenvalue weighted by molar-refractivity contribution is 5.96. The molecule has 0 fully saturated rings. The Hall–Kier alpha value is -2.28. The summed E-state index contributed by atoms with van der Waals surface area (Å²) in [6, 6.07) is 4.35. The molecule has 33 heavy (non-hydrogen) atoms. The Labute approximate surface area is 193 Å². The van der Waals surface area contributed by atoms with Crippen molar-refractivity contribution in [3.05, 3.63) is 29.3 Å². The van der Waals surface area contributed by atoms with Crippen molar-refractivity contribution in [2.75, 3.05) is 93.5 Å². The lowest BCUT2D eigenvalue weighted by atomic mass is 10.1. The Morgan fingerprint density at radius 1 is 0.606 bits per heavy atom. The van der Waals surface area contributed by atoms with Gasteiger partial charge in [-0.15, -0.1) is 0 Å². The monoisotopic (exact) mass is 474 g/mol. The van der Waals surface area contributed by atoms with Crippen LogP contribution in [0.4, 0.5) is 0 Å². The lowest BCUT2D eigenvalue weighted by Gasteiger charge is -2.10. The van der Waals surface area contributed by atoms with E-state index in [0.717, 1.165) is 0 Å². The quantitative estimate of drug-likeness (QED) is 0.212. The van der Waals surface area contributed by atoms with Crippen LogP contribution in [0.25, 0.3) is 0 Å². The summed E-state index contributed by atoms with van der Waals surface area (Å²) in [5.74, 6) is -0.837. The summed E-state index contributed by atoms with van der Waals surface area (Å²) in [6.45, 7) is 4.37. The number of rotatable bonds is 20. The van der Waals surface area contributed by atoms with Crippen LogP contribution >= 0.6 is 0 Å². The van der Waals surface area contributed by atoms with Crippen molar-refractivity contribution >= 4 is 11.9 Å². The van der Waals surface area contributed by atoms with Gasteiger partial charge < -0.3 is 43.0 Å². The molecule has 0 saturated heterocycles. The molecule has 0 heterocycles. The van der Waals surface area contributed by atoms with Gasteiger partial charge in [0.05, 0.1) is 98.0 Å². The topological polar surface area (TPSA) is 128 Å². The largest absolute Gasteiger partial charge is 0.491 e. The number of hydrogen-bond acceptors (Lipinski definition) is 11. The molecule has 1 rings (SSSR count). The smallest absolute Gasteiger partial charge is 0.338 e. The van der Waals surface area contributed by atoms with Crippen LogP contribution in [0, 0.1) is 0 Å². The molecular formula is C22H34O11. The van der Waals surface area contributed by atoms with E-state index in [4.69, 9.17) is 33.5 Å². The van der Waals surface area contributed by atoms with Crippen LogP contribution in [0.5, 0.6) is 5.75 Å². The van der Waals surface area contributed by atoms with Crippen LogP contribution < -0.4 is 4.74 Å². The minimum atomic E-state index is -0.584. The van der Waals surface area contributed by atoms with Gasteiger partial charge in [0.1, 0.15) is 12.4 Å². The van der Waals surface area contributed by atoms with Gasteiger partial charge in [-0.1, -0.05) is 0 Å². The van der Waals surface area contributed by atoms with Crippen molar-refractivity contribution in [3.8, 4) is 5.75 Å². The number of aliphatic hydroxyl groups excluding tert-OH is 1. The van der Waals surface area contributed by atoms with Gasteiger partial charge in [-0.2, -0.15) is 0 Å². The predicted molar refractivity (Wildman–Crippen MR) is 116 cm³/mol. The molecule has 0 radical (unpaired) electrons. The number of carbonyl (C=O) groups excluding carboxylic acids is 2. The fraction of sp³-hybridized carbons (Fsp3) is 0.636. The van der Waals surface area contributed by atoms with Crippen LogP contribution in [0.1, 0.15) is 20.7 Å². The molecule has 0 aliphatic heterocycles. The van der Waals surface area contributed by atoms with Gasteiger partial charge in [0.2, 0.25) is 0 Å². The zero-order valence-corrected chi connectivity index (χ0v) is 19.2. The zero-order chi connectivity index (χ0) is 24.2. The fourth-order valence-electron chi connectivity index (χ4n) is 2.42. The minimum Gasteiger partial charge on any atom is -0.491 e. The third kappa shape index (κ3) is 13.8. The number of methoxy groups -OCH3 is 2. The van der Waals surface area contributed by atoms with E-state index in [1.54, 1.807) is 0 Å². The molecule has 0 amide bonds. The molecule has 188 valence electrons. The van der Waals surface area contributed by atoms with Crippen molar-refractivity contribution < 1.29 is 52.6 Å². The summed E-state index contributed by atoms with van der Waals surface area (Å²) in [6.07, 6.45) is 0. The number of benzene rings is 1. The van der Waals surface area contributed by atoms with Crippen LogP contribution in [0.3, 0.4) is 0 Å². The summed E-state index contributed by atoms with van der Waals surface area (Å²) in [4.78, 5) is 23.5. The van der Waals surface area contributed by atoms with Crippen LogP contribution in [-0.2, 0) is 33.2 Å². The number of hydrogen-bond donors (Lipinski definition) is 1. The van der Waals surface area contributed by atoms with Gasteiger partial charge in [-0.3, -0.25) is 0 Å². The van der Waals surface area contributed by atoms with E-state index >= 15 is 0 Å². The molecule has 1 aromatic rings. The van der Waals surface area contributed by atoms with Gasteiger partial charge in [-0.05, 0) is 18.2 Å². The van der Waals surface area contributed by atoms with E-state index in [9.17, 15) is 9.59 Å².